The SMILES string of the molecule is Fc1cccc(Cl)c1Cn1ncc(NC(=S)N(Cc2ccccc2)Cc2ccccc2)n1. The Morgan fingerprint density at radius 2 is 1.56 bits per heavy atom. The van der Waals surface area contributed by atoms with Crippen LogP contribution in [0.25, 0.3) is 0 Å². The predicted molar refractivity (Wildman–Crippen MR) is 129 cm³/mol. The number of aromatic nitrogens is 3. The maximum absolute atomic E-state index is 14.1. The van der Waals surface area contributed by atoms with Crippen molar-refractivity contribution < 1.29 is 4.39 Å². The van der Waals surface area contributed by atoms with E-state index in [1.807, 2.05) is 36.4 Å². The Labute approximate surface area is 196 Å². The molecule has 4 aromatic rings. The van der Waals surface area contributed by atoms with Crippen LogP contribution < -0.4 is 5.32 Å². The first-order chi connectivity index (χ1) is 15.6. The first-order valence-electron chi connectivity index (χ1n) is 10.1. The molecule has 0 unspecified atom stereocenters. The van der Waals surface area contributed by atoms with Gasteiger partial charge in [0.05, 0.1) is 12.7 Å². The van der Waals surface area contributed by atoms with E-state index in [4.69, 9.17) is 23.8 Å². The summed E-state index contributed by atoms with van der Waals surface area (Å²) in [6.07, 6.45) is 1.56. The Morgan fingerprint density at radius 1 is 0.938 bits per heavy atom. The van der Waals surface area contributed by atoms with E-state index in [9.17, 15) is 4.39 Å². The molecule has 32 heavy (non-hydrogen) atoms. The monoisotopic (exact) mass is 465 g/mol. The summed E-state index contributed by atoms with van der Waals surface area (Å²) in [6, 6.07) is 24.8. The third-order valence-electron chi connectivity index (χ3n) is 4.85. The summed E-state index contributed by atoms with van der Waals surface area (Å²) in [5.74, 6) is 0.0883. The first-order valence-corrected chi connectivity index (χ1v) is 10.8. The Bertz CT molecular complexity index is 1120. The van der Waals surface area contributed by atoms with Gasteiger partial charge in [-0.2, -0.15) is 9.90 Å². The van der Waals surface area contributed by atoms with Crippen molar-refractivity contribution in [2.24, 2.45) is 0 Å². The van der Waals surface area contributed by atoms with Crippen molar-refractivity contribution in [1.29, 1.82) is 0 Å². The molecule has 0 saturated heterocycles. The summed E-state index contributed by atoms with van der Waals surface area (Å²) in [6.45, 7) is 1.40. The maximum Gasteiger partial charge on any atom is 0.175 e. The third-order valence-corrected chi connectivity index (χ3v) is 5.57. The van der Waals surface area contributed by atoms with Gasteiger partial charge in [0, 0.05) is 23.7 Å². The number of thiocarbonyl (C=S) groups is 1. The zero-order valence-electron chi connectivity index (χ0n) is 17.2. The average molecular weight is 466 g/mol. The lowest BCUT2D eigenvalue weighted by Crippen LogP contribution is -2.34. The molecule has 8 heteroatoms. The van der Waals surface area contributed by atoms with Crippen molar-refractivity contribution in [3.8, 4) is 0 Å². The Balaban J connectivity index is 1.48. The lowest BCUT2D eigenvalue weighted by Gasteiger charge is -2.25. The predicted octanol–water partition coefficient (Wildman–Crippen LogP) is 5.52. The zero-order chi connectivity index (χ0) is 22.3. The second-order valence-electron chi connectivity index (χ2n) is 7.22. The van der Waals surface area contributed by atoms with E-state index in [0.717, 1.165) is 11.1 Å². The highest BCUT2D eigenvalue weighted by Crippen LogP contribution is 2.20. The molecule has 0 radical (unpaired) electrons. The van der Waals surface area contributed by atoms with Crippen molar-refractivity contribution >= 4 is 34.7 Å². The molecule has 0 bridgehead atoms. The molecule has 1 N–H and O–H groups in total. The van der Waals surface area contributed by atoms with Gasteiger partial charge in [-0.15, -0.1) is 5.10 Å². The van der Waals surface area contributed by atoms with E-state index in [-0.39, 0.29) is 6.54 Å². The Hall–Kier alpha value is -3.29. The van der Waals surface area contributed by atoms with E-state index < -0.39 is 5.82 Å². The number of nitrogens with one attached hydrogen (secondary N) is 1. The van der Waals surface area contributed by atoms with E-state index >= 15 is 0 Å². The number of benzene rings is 3. The fourth-order valence-corrected chi connectivity index (χ4v) is 3.71. The standard InChI is InChI=1S/C24H21ClFN5S/c25-21-12-7-13-22(26)20(21)17-31-27-14-23(29-31)28-24(32)30(15-18-8-3-1-4-9-18)16-19-10-5-2-6-11-19/h1-14H,15-17H2,(H,28,29,32). The normalized spacial score (nSPS) is 10.7. The number of hydrogen-bond donors (Lipinski definition) is 1. The number of hydrogen-bond acceptors (Lipinski definition) is 3. The highest BCUT2D eigenvalue weighted by molar-refractivity contribution is 7.80. The fourth-order valence-electron chi connectivity index (χ4n) is 3.25. The fraction of sp³-hybridized carbons (Fsp3) is 0.125. The van der Waals surface area contributed by atoms with Crippen LogP contribution in [0.5, 0.6) is 0 Å². The second kappa shape index (κ2) is 10.3. The molecular weight excluding hydrogens is 445 g/mol. The van der Waals surface area contributed by atoms with Gasteiger partial charge in [0.1, 0.15) is 5.82 Å². The minimum Gasteiger partial charge on any atom is -0.340 e. The molecule has 1 heterocycles. The van der Waals surface area contributed by atoms with Gasteiger partial charge in [-0.05, 0) is 35.5 Å². The van der Waals surface area contributed by atoms with Crippen LogP contribution in [0.1, 0.15) is 16.7 Å². The van der Waals surface area contributed by atoms with Gasteiger partial charge in [-0.25, -0.2) is 4.39 Å². The van der Waals surface area contributed by atoms with Gasteiger partial charge in [-0.1, -0.05) is 78.3 Å². The van der Waals surface area contributed by atoms with Gasteiger partial charge in [0.2, 0.25) is 0 Å². The minimum atomic E-state index is -0.392. The molecule has 3 aromatic carbocycles. The van der Waals surface area contributed by atoms with Crippen LogP contribution in [0.4, 0.5) is 10.2 Å². The summed E-state index contributed by atoms with van der Waals surface area (Å²) < 4.78 is 14.1. The molecule has 1 aromatic heterocycles. The molecule has 4 rings (SSSR count). The van der Waals surface area contributed by atoms with E-state index in [1.165, 1.54) is 10.9 Å². The minimum absolute atomic E-state index is 0.123. The largest absolute Gasteiger partial charge is 0.340 e. The topological polar surface area (TPSA) is 46.0 Å². The van der Waals surface area contributed by atoms with Crippen LogP contribution in [-0.4, -0.2) is 25.0 Å². The summed E-state index contributed by atoms with van der Waals surface area (Å²) in [4.78, 5) is 3.45. The smallest absolute Gasteiger partial charge is 0.175 e. The summed E-state index contributed by atoms with van der Waals surface area (Å²) in [5.41, 5.74) is 2.63. The number of nitrogens with zero attached hydrogens (tertiary/aromatic N) is 4. The highest BCUT2D eigenvalue weighted by atomic mass is 35.5. The molecule has 0 saturated carbocycles. The average Bonchev–Trinajstić information content (AvgIpc) is 3.24. The Kier molecular flexibility index (Phi) is 7.09. The molecular formula is C24H21ClFN5S. The molecule has 0 atom stereocenters. The van der Waals surface area contributed by atoms with Crippen molar-refractivity contribution in [3.63, 3.8) is 0 Å². The van der Waals surface area contributed by atoms with E-state index in [1.54, 1.807) is 18.3 Å². The van der Waals surface area contributed by atoms with Crippen LogP contribution in [-0.2, 0) is 19.6 Å². The number of anilines is 1. The van der Waals surface area contributed by atoms with Crippen molar-refractivity contribution in [3.05, 3.63) is 113 Å². The van der Waals surface area contributed by atoms with Crippen LogP contribution in [0, 0.1) is 5.82 Å². The Morgan fingerprint density at radius 3 is 2.16 bits per heavy atom. The summed E-state index contributed by atoms with van der Waals surface area (Å²) in [5, 5.41) is 12.6. The summed E-state index contributed by atoms with van der Waals surface area (Å²) >= 11 is 11.8. The van der Waals surface area contributed by atoms with Crippen molar-refractivity contribution in [2.75, 3.05) is 5.32 Å². The van der Waals surface area contributed by atoms with Crippen LogP contribution in [0.15, 0.2) is 85.1 Å². The number of halogens is 2. The quantitative estimate of drug-likeness (QED) is 0.364. The van der Waals surface area contributed by atoms with Crippen molar-refractivity contribution in [1.82, 2.24) is 19.9 Å². The second-order valence-corrected chi connectivity index (χ2v) is 8.01. The van der Waals surface area contributed by atoms with Gasteiger partial charge in [0.15, 0.2) is 10.9 Å². The lowest BCUT2D eigenvalue weighted by atomic mass is 10.2. The molecule has 0 fully saturated rings. The van der Waals surface area contributed by atoms with Gasteiger partial charge in [-0.3, -0.25) is 0 Å². The molecule has 0 spiro atoms. The molecule has 0 aliphatic rings. The molecule has 162 valence electrons. The maximum atomic E-state index is 14.1. The highest BCUT2D eigenvalue weighted by Gasteiger charge is 2.14. The van der Waals surface area contributed by atoms with Gasteiger partial charge < -0.3 is 10.2 Å². The zero-order valence-corrected chi connectivity index (χ0v) is 18.7. The molecule has 0 aliphatic carbocycles. The van der Waals surface area contributed by atoms with E-state index in [0.29, 0.717) is 34.6 Å². The summed E-state index contributed by atoms with van der Waals surface area (Å²) in [7, 11) is 0. The van der Waals surface area contributed by atoms with Crippen LogP contribution in [0.2, 0.25) is 5.02 Å². The van der Waals surface area contributed by atoms with Crippen LogP contribution >= 0.6 is 23.8 Å². The van der Waals surface area contributed by atoms with Gasteiger partial charge >= 0.3 is 0 Å². The lowest BCUT2D eigenvalue weighted by molar-refractivity contribution is 0.412. The molecule has 5 nitrogen and oxygen atoms in total. The first kappa shape index (κ1) is 21.9. The third kappa shape index (κ3) is 5.69. The van der Waals surface area contributed by atoms with Gasteiger partial charge in [0.25, 0.3) is 0 Å². The van der Waals surface area contributed by atoms with Crippen molar-refractivity contribution in [2.45, 2.75) is 19.6 Å². The molecule has 0 aliphatic heterocycles. The van der Waals surface area contributed by atoms with Crippen LogP contribution in [0.3, 0.4) is 0 Å². The molecule has 0 amide bonds. The van der Waals surface area contributed by atoms with E-state index in [2.05, 4.69) is 44.7 Å². The number of rotatable bonds is 7.